The third-order valence-electron chi connectivity index (χ3n) is 4.63. The van der Waals surface area contributed by atoms with Gasteiger partial charge in [-0.3, -0.25) is 0 Å². The van der Waals surface area contributed by atoms with Crippen LogP contribution in [0.5, 0.6) is 0 Å². The number of fused-ring (bicyclic) bond motifs is 1. The van der Waals surface area contributed by atoms with Crippen molar-refractivity contribution in [3.8, 4) is 11.1 Å². The first-order chi connectivity index (χ1) is 12.7. The van der Waals surface area contributed by atoms with Gasteiger partial charge in [-0.1, -0.05) is 35.3 Å². The summed E-state index contributed by atoms with van der Waals surface area (Å²) in [6.07, 6.45) is 1.56. The quantitative estimate of drug-likeness (QED) is 0.668. The van der Waals surface area contributed by atoms with Gasteiger partial charge >= 0.3 is 0 Å². The molecule has 5 nitrogen and oxygen atoms in total. The average Bonchev–Trinajstić information content (AvgIpc) is 2.68. The molecule has 4 rings (SSSR count). The molecule has 1 saturated heterocycles. The Balaban J connectivity index is 0.00000210. The van der Waals surface area contributed by atoms with Crippen molar-refractivity contribution in [2.45, 2.75) is 6.04 Å². The Morgan fingerprint density at radius 2 is 1.93 bits per heavy atom. The molecule has 2 aromatic carbocycles. The van der Waals surface area contributed by atoms with Gasteiger partial charge in [0.1, 0.15) is 12.1 Å². The highest BCUT2D eigenvalue weighted by atomic mass is 35.5. The summed E-state index contributed by atoms with van der Waals surface area (Å²) in [6.45, 7) is 2.42. The SMILES string of the molecule is Cl.OCC1CN(c2ncnc3cc(Cl)c(-c4ccc(Cl)cc4)cc23)CCN1. The molecule has 2 heterocycles. The van der Waals surface area contributed by atoms with Gasteiger partial charge in [-0.05, 0) is 29.8 Å². The fourth-order valence-corrected chi connectivity index (χ4v) is 3.70. The molecule has 142 valence electrons. The lowest BCUT2D eigenvalue weighted by Gasteiger charge is -2.34. The minimum Gasteiger partial charge on any atom is -0.395 e. The molecule has 2 N–H and O–H groups in total. The number of benzene rings is 2. The van der Waals surface area contributed by atoms with Crippen molar-refractivity contribution in [3.05, 3.63) is 52.8 Å². The number of piperazine rings is 1. The first-order valence-electron chi connectivity index (χ1n) is 8.45. The molecule has 0 radical (unpaired) electrons. The molecule has 8 heteroatoms. The molecular formula is C19H19Cl3N4O. The Hall–Kier alpha value is -1.63. The van der Waals surface area contributed by atoms with Crippen LogP contribution in [0.1, 0.15) is 0 Å². The first kappa shape index (κ1) is 20.1. The number of halogens is 3. The van der Waals surface area contributed by atoms with Crippen molar-refractivity contribution < 1.29 is 5.11 Å². The van der Waals surface area contributed by atoms with Crippen LogP contribution in [-0.4, -0.2) is 47.4 Å². The third-order valence-corrected chi connectivity index (χ3v) is 5.20. The number of aliphatic hydroxyl groups excluding tert-OH is 1. The van der Waals surface area contributed by atoms with Crippen molar-refractivity contribution in [2.75, 3.05) is 31.1 Å². The standard InChI is InChI=1S/C19H18Cl2N4O.ClH/c20-13-3-1-12(2-4-13)15-7-16-18(8-17(15)21)23-11-24-19(16)25-6-5-22-14(9-25)10-26;/h1-4,7-8,11,14,22,26H,5-6,9-10H2;1H. The Morgan fingerprint density at radius 1 is 1.15 bits per heavy atom. The Kier molecular flexibility index (Phi) is 6.40. The van der Waals surface area contributed by atoms with E-state index in [1.54, 1.807) is 6.33 Å². The van der Waals surface area contributed by atoms with E-state index in [4.69, 9.17) is 23.2 Å². The van der Waals surface area contributed by atoms with E-state index in [2.05, 4.69) is 20.2 Å². The van der Waals surface area contributed by atoms with Gasteiger partial charge in [0.25, 0.3) is 0 Å². The molecule has 3 aromatic rings. The van der Waals surface area contributed by atoms with Gasteiger partial charge in [0.2, 0.25) is 0 Å². The van der Waals surface area contributed by atoms with Crippen molar-refractivity contribution in [1.29, 1.82) is 0 Å². The maximum Gasteiger partial charge on any atom is 0.140 e. The Bertz CT molecular complexity index is 936. The normalized spacial score (nSPS) is 17.0. The molecule has 0 bridgehead atoms. The summed E-state index contributed by atoms with van der Waals surface area (Å²) in [5.74, 6) is 0.863. The van der Waals surface area contributed by atoms with E-state index < -0.39 is 0 Å². The van der Waals surface area contributed by atoms with Crippen LogP contribution in [0.3, 0.4) is 0 Å². The zero-order valence-electron chi connectivity index (χ0n) is 14.4. The van der Waals surface area contributed by atoms with E-state index in [9.17, 15) is 5.11 Å². The second kappa shape index (κ2) is 8.59. The molecule has 1 aromatic heterocycles. The van der Waals surface area contributed by atoms with Gasteiger partial charge in [-0.2, -0.15) is 0 Å². The number of nitrogens with one attached hydrogen (secondary N) is 1. The van der Waals surface area contributed by atoms with E-state index in [1.165, 1.54) is 0 Å². The van der Waals surface area contributed by atoms with Gasteiger partial charge in [0.15, 0.2) is 0 Å². The second-order valence-corrected chi connectivity index (χ2v) is 7.18. The third kappa shape index (κ3) is 4.13. The average molecular weight is 426 g/mol. The minimum atomic E-state index is 0. The fourth-order valence-electron chi connectivity index (χ4n) is 3.31. The van der Waals surface area contributed by atoms with Crippen molar-refractivity contribution >= 4 is 52.3 Å². The smallest absolute Gasteiger partial charge is 0.140 e. The molecular weight excluding hydrogens is 407 g/mol. The highest BCUT2D eigenvalue weighted by Gasteiger charge is 2.22. The molecule has 1 unspecified atom stereocenters. The summed E-state index contributed by atoms with van der Waals surface area (Å²) in [6, 6.07) is 11.5. The molecule has 0 amide bonds. The zero-order chi connectivity index (χ0) is 18.1. The monoisotopic (exact) mass is 424 g/mol. The van der Waals surface area contributed by atoms with Gasteiger partial charge < -0.3 is 15.3 Å². The van der Waals surface area contributed by atoms with Crippen molar-refractivity contribution in [3.63, 3.8) is 0 Å². The van der Waals surface area contributed by atoms with E-state index in [1.807, 2.05) is 36.4 Å². The molecule has 1 atom stereocenters. The maximum atomic E-state index is 9.47. The predicted octanol–water partition coefficient (Wildman–Crippen LogP) is 3.80. The summed E-state index contributed by atoms with van der Waals surface area (Å²) in [7, 11) is 0. The Morgan fingerprint density at radius 3 is 2.67 bits per heavy atom. The highest BCUT2D eigenvalue weighted by molar-refractivity contribution is 6.34. The van der Waals surface area contributed by atoms with Gasteiger partial charge in [0, 0.05) is 41.6 Å². The van der Waals surface area contributed by atoms with Crippen LogP contribution in [0.2, 0.25) is 10.0 Å². The van der Waals surface area contributed by atoms with Crippen LogP contribution >= 0.6 is 35.6 Å². The molecule has 0 saturated carbocycles. The van der Waals surface area contributed by atoms with Gasteiger partial charge in [0.05, 0.1) is 17.1 Å². The first-order valence-corrected chi connectivity index (χ1v) is 9.20. The minimum absolute atomic E-state index is 0. The number of rotatable bonds is 3. The topological polar surface area (TPSA) is 61.3 Å². The number of hydrogen-bond donors (Lipinski definition) is 2. The second-order valence-electron chi connectivity index (χ2n) is 6.33. The lowest BCUT2D eigenvalue weighted by Crippen LogP contribution is -2.52. The summed E-state index contributed by atoms with van der Waals surface area (Å²) in [4.78, 5) is 11.1. The van der Waals surface area contributed by atoms with Crippen LogP contribution in [0.25, 0.3) is 22.0 Å². The van der Waals surface area contributed by atoms with Crippen molar-refractivity contribution in [2.24, 2.45) is 0 Å². The van der Waals surface area contributed by atoms with E-state index in [0.29, 0.717) is 16.6 Å². The number of anilines is 1. The lowest BCUT2D eigenvalue weighted by molar-refractivity contribution is 0.235. The largest absolute Gasteiger partial charge is 0.395 e. The highest BCUT2D eigenvalue weighted by Crippen LogP contribution is 2.35. The molecule has 1 aliphatic heterocycles. The summed E-state index contributed by atoms with van der Waals surface area (Å²) in [5.41, 5.74) is 2.71. The predicted molar refractivity (Wildman–Crippen MR) is 113 cm³/mol. The van der Waals surface area contributed by atoms with Crippen LogP contribution in [0, 0.1) is 0 Å². The van der Waals surface area contributed by atoms with Gasteiger partial charge in [-0.25, -0.2) is 9.97 Å². The fraction of sp³-hybridized carbons (Fsp3) is 0.263. The maximum absolute atomic E-state index is 9.47. The van der Waals surface area contributed by atoms with Gasteiger partial charge in [-0.15, -0.1) is 12.4 Å². The van der Waals surface area contributed by atoms with Crippen LogP contribution in [0.15, 0.2) is 42.7 Å². The van der Waals surface area contributed by atoms with E-state index in [0.717, 1.165) is 40.9 Å². The number of hydrogen-bond acceptors (Lipinski definition) is 5. The van der Waals surface area contributed by atoms with E-state index in [-0.39, 0.29) is 25.1 Å². The van der Waals surface area contributed by atoms with Crippen LogP contribution < -0.4 is 10.2 Å². The van der Waals surface area contributed by atoms with Crippen LogP contribution in [0.4, 0.5) is 5.82 Å². The van der Waals surface area contributed by atoms with Crippen molar-refractivity contribution in [1.82, 2.24) is 15.3 Å². The lowest BCUT2D eigenvalue weighted by atomic mass is 10.0. The molecule has 1 fully saturated rings. The van der Waals surface area contributed by atoms with E-state index >= 15 is 0 Å². The number of nitrogens with zero attached hydrogens (tertiary/aromatic N) is 3. The number of aromatic nitrogens is 2. The summed E-state index contributed by atoms with van der Waals surface area (Å²) >= 11 is 12.5. The zero-order valence-corrected chi connectivity index (χ0v) is 16.7. The molecule has 0 spiro atoms. The molecule has 27 heavy (non-hydrogen) atoms. The Labute approximate surface area is 173 Å². The van der Waals surface area contributed by atoms with Crippen LogP contribution in [-0.2, 0) is 0 Å². The molecule has 1 aliphatic rings. The molecule has 0 aliphatic carbocycles. The number of aliphatic hydroxyl groups is 1. The summed E-state index contributed by atoms with van der Waals surface area (Å²) < 4.78 is 0. The summed E-state index contributed by atoms with van der Waals surface area (Å²) in [5, 5.41) is 15.0.